The van der Waals surface area contributed by atoms with Crippen molar-refractivity contribution in [3.63, 3.8) is 0 Å². The predicted molar refractivity (Wildman–Crippen MR) is 40.9 cm³/mol. The summed E-state index contributed by atoms with van der Waals surface area (Å²) >= 11 is 0. The Morgan fingerprint density at radius 2 is 1.89 bits per heavy atom. The van der Waals surface area contributed by atoms with Gasteiger partial charge in [0.25, 0.3) is 0 Å². The molecule has 0 saturated carbocycles. The van der Waals surface area contributed by atoms with Gasteiger partial charge in [-0.25, -0.2) is 0 Å². The van der Waals surface area contributed by atoms with E-state index in [1.54, 1.807) is 0 Å². The maximum Gasteiger partial charge on any atom is 0.0571 e. The Bertz CT molecular complexity index is 59.9. The zero-order valence-electron chi connectivity index (χ0n) is 6.43. The van der Waals surface area contributed by atoms with Crippen molar-refractivity contribution in [1.82, 2.24) is 4.90 Å². The molecule has 0 saturated heterocycles. The van der Waals surface area contributed by atoms with Gasteiger partial charge in [-0.2, -0.15) is 0 Å². The lowest BCUT2D eigenvalue weighted by Gasteiger charge is -2.24. The van der Waals surface area contributed by atoms with Crippen molar-refractivity contribution in [2.45, 2.75) is 26.4 Å². The smallest absolute Gasteiger partial charge is 0.0571 e. The first-order valence-corrected chi connectivity index (χ1v) is 3.55. The van der Waals surface area contributed by atoms with Crippen molar-refractivity contribution in [2.75, 3.05) is 13.1 Å². The fourth-order valence-electron chi connectivity index (χ4n) is 0.875. The molecule has 0 aromatic rings. The quantitative estimate of drug-likeness (QED) is 0.570. The van der Waals surface area contributed by atoms with Gasteiger partial charge in [0.1, 0.15) is 0 Å². The van der Waals surface area contributed by atoms with Crippen LogP contribution in [-0.4, -0.2) is 24.2 Å². The van der Waals surface area contributed by atoms with Gasteiger partial charge in [-0.3, -0.25) is 4.90 Å². The number of hydrogen-bond donors (Lipinski definition) is 1. The summed E-state index contributed by atoms with van der Waals surface area (Å²) in [6.45, 7) is 10.00. The molecule has 2 N–H and O–H groups in total. The van der Waals surface area contributed by atoms with Crippen molar-refractivity contribution in [3.8, 4) is 0 Å². The molecule has 9 heavy (non-hydrogen) atoms. The summed E-state index contributed by atoms with van der Waals surface area (Å²) in [6, 6.07) is 0. The van der Waals surface area contributed by atoms with Crippen molar-refractivity contribution in [2.24, 2.45) is 5.73 Å². The molecule has 0 heterocycles. The van der Waals surface area contributed by atoms with Gasteiger partial charge in [0.15, 0.2) is 0 Å². The lowest BCUT2D eigenvalue weighted by atomic mass is 10.3. The van der Waals surface area contributed by atoms with Crippen LogP contribution in [0.25, 0.3) is 0 Å². The monoisotopic (exact) mass is 129 g/mol. The molecule has 0 aliphatic heterocycles. The first-order valence-electron chi connectivity index (χ1n) is 3.55. The molecule has 0 aromatic carbocycles. The Morgan fingerprint density at radius 3 is 2.00 bits per heavy atom. The summed E-state index contributed by atoms with van der Waals surface area (Å²) in [5.41, 5.74) is 5.70. The molecule has 0 spiro atoms. The van der Waals surface area contributed by atoms with Crippen LogP contribution >= 0.6 is 0 Å². The van der Waals surface area contributed by atoms with Crippen LogP contribution in [0.15, 0.2) is 0 Å². The average molecular weight is 129 g/mol. The molecular weight excluding hydrogens is 112 g/mol. The summed E-state index contributed by atoms with van der Waals surface area (Å²) < 4.78 is 0. The maximum absolute atomic E-state index is 5.70. The molecule has 0 bridgehead atoms. The van der Waals surface area contributed by atoms with Gasteiger partial charge in [0.05, 0.1) is 6.17 Å². The molecule has 2 heteroatoms. The molecule has 0 aromatic heterocycles. The zero-order chi connectivity index (χ0) is 7.28. The van der Waals surface area contributed by atoms with Crippen LogP contribution in [0.3, 0.4) is 0 Å². The highest BCUT2D eigenvalue weighted by molar-refractivity contribution is 4.62. The second-order valence-electron chi connectivity index (χ2n) is 2.08. The Morgan fingerprint density at radius 1 is 1.44 bits per heavy atom. The lowest BCUT2D eigenvalue weighted by Crippen LogP contribution is -2.41. The third-order valence-electron chi connectivity index (χ3n) is 1.58. The van der Waals surface area contributed by atoms with E-state index < -0.39 is 0 Å². The fraction of sp³-hybridized carbons (Fsp3) is 0.857. The Balaban J connectivity index is 3.50. The topological polar surface area (TPSA) is 29.3 Å². The third kappa shape index (κ3) is 2.82. The molecule has 0 rings (SSSR count). The summed E-state index contributed by atoms with van der Waals surface area (Å²) in [7, 11) is 0. The van der Waals surface area contributed by atoms with E-state index in [9.17, 15) is 0 Å². The molecule has 1 atom stereocenters. The largest absolute Gasteiger partial charge is 0.316 e. The van der Waals surface area contributed by atoms with Gasteiger partial charge in [0.2, 0.25) is 0 Å². The second kappa shape index (κ2) is 4.77. The van der Waals surface area contributed by atoms with E-state index in [0.717, 1.165) is 19.5 Å². The SMILES string of the molecule is [CH2]CC(N)N(CC)CC. The first kappa shape index (κ1) is 8.92. The Kier molecular flexibility index (Phi) is 4.72. The average Bonchev–Trinajstić information content (AvgIpc) is 1.90. The molecule has 0 aliphatic rings. The predicted octanol–water partition coefficient (Wildman–Crippen LogP) is 0.837. The van der Waals surface area contributed by atoms with Crippen LogP contribution in [0, 0.1) is 6.92 Å². The van der Waals surface area contributed by atoms with Crippen molar-refractivity contribution >= 4 is 0 Å². The number of nitrogens with zero attached hydrogens (tertiary/aromatic N) is 1. The maximum atomic E-state index is 5.70. The minimum absolute atomic E-state index is 0.153. The van der Waals surface area contributed by atoms with Crippen molar-refractivity contribution < 1.29 is 0 Å². The normalized spacial score (nSPS) is 14.3. The van der Waals surface area contributed by atoms with Gasteiger partial charge < -0.3 is 5.73 Å². The summed E-state index contributed by atoms with van der Waals surface area (Å²) in [6.07, 6.45) is 0.946. The fourth-order valence-corrected chi connectivity index (χ4v) is 0.875. The molecule has 0 fully saturated rings. The summed E-state index contributed by atoms with van der Waals surface area (Å²) in [4.78, 5) is 2.19. The van der Waals surface area contributed by atoms with Gasteiger partial charge in [0, 0.05) is 0 Å². The van der Waals surface area contributed by atoms with E-state index in [4.69, 9.17) is 5.73 Å². The molecular formula is C7H17N2. The molecule has 1 unspecified atom stereocenters. The van der Waals surface area contributed by atoms with E-state index in [0.29, 0.717) is 0 Å². The van der Waals surface area contributed by atoms with Gasteiger partial charge in [-0.05, 0) is 19.5 Å². The molecule has 0 aliphatic carbocycles. The second-order valence-corrected chi connectivity index (χ2v) is 2.08. The summed E-state index contributed by atoms with van der Waals surface area (Å²) in [5, 5.41) is 0. The van der Waals surface area contributed by atoms with Gasteiger partial charge >= 0.3 is 0 Å². The molecule has 2 nitrogen and oxygen atoms in total. The highest BCUT2D eigenvalue weighted by atomic mass is 15.2. The Hall–Kier alpha value is -0.0800. The van der Waals surface area contributed by atoms with Crippen LogP contribution in [-0.2, 0) is 0 Å². The van der Waals surface area contributed by atoms with Gasteiger partial charge in [-0.15, -0.1) is 0 Å². The number of hydrogen-bond acceptors (Lipinski definition) is 2. The van der Waals surface area contributed by atoms with E-state index in [1.807, 2.05) is 0 Å². The lowest BCUT2D eigenvalue weighted by molar-refractivity contribution is 0.222. The van der Waals surface area contributed by atoms with Crippen LogP contribution in [0.2, 0.25) is 0 Å². The van der Waals surface area contributed by atoms with Crippen LogP contribution in [0.4, 0.5) is 0 Å². The summed E-state index contributed by atoms with van der Waals surface area (Å²) in [5.74, 6) is 0. The van der Waals surface area contributed by atoms with Crippen LogP contribution in [0.5, 0.6) is 0 Å². The Labute approximate surface area is 58.0 Å². The molecule has 55 valence electrons. The van der Waals surface area contributed by atoms with E-state index in [-0.39, 0.29) is 6.17 Å². The standard InChI is InChI=1S/C7H17N2/c1-4-7(8)9(5-2)6-3/h7H,1,4-6,8H2,2-3H3. The van der Waals surface area contributed by atoms with Crippen molar-refractivity contribution in [1.29, 1.82) is 0 Å². The van der Waals surface area contributed by atoms with Crippen LogP contribution in [0.1, 0.15) is 20.3 Å². The highest BCUT2D eigenvalue weighted by Gasteiger charge is 2.05. The van der Waals surface area contributed by atoms with Crippen molar-refractivity contribution in [3.05, 3.63) is 6.92 Å². The number of rotatable bonds is 4. The van der Waals surface area contributed by atoms with E-state index >= 15 is 0 Å². The molecule has 0 amide bonds. The highest BCUT2D eigenvalue weighted by Crippen LogP contribution is 1.94. The molecule has 1 radical (unpaired) electrons. The third-order valence-corrected chi connectivity index (χ3v) is 1.58. The van der Waals surface area contributed by atoms with Crippen LogP contribution < -0.4 is 5.73 Å². The van der Waals surface area contributed by atoms with E-state index in [1.165, 1.54) is 0 Å². The number of nitrogens with two attached hydrogens (primary N) is 1. The minimum Gasteiger partial charge on any atom is -0.316 e. The van der Waals surface area contributed by atoms with Gasteiger partial charge in [-0.1, -0.05) is 20.8 Å². The minimum atomic E-state index is 0.153. The first-order chi connectivity index (χ1) is 4.26. The van der Waals surface area contributed by atoms with E-state index in [2.05, 4.69) is 25.7 Å². The zero-order valence-corrected chi connectivity index (χ0v) is 6.43.